The molecule has 0 aliphatic carbocycles. The Labute approximate surface area is 138 Å². The Morgan fingerprint density at radius 3 is 2.13 bits per heavy atom. The van der Waals surface area contributed by atoms with Gasteiger partial charge in [0.15, 0.2) is 0 Å². The van der Waals surface area contributed by atoms with E-state index in [4.69, 9.17) is 0 Å². The quantitative estimate of drug-likeness (QED) is 0.669. The summed E-state index contributed by atoms with van der Waals surface area (Å²) in [6.45, 7) is 10.1. The molecule has 0 radical (unpaired) electrons. The van der Waals surface area contributed by atoms with Gasteiger partial charge in [-0.25, -0.2) is 4.79 Å². The van der Waals surface area contributed by atoms with Gasteiger partial charge in [-0.05, 0) is 46.0 Å². The van der Waals surface area contributed by atoms with Crippen molar-refractivity contribution in [1.29, 1.82) is 0 Å². The number of piperidine rings is 1. The fourth-order valence-electron chi connectivity index (χ4n) is 2.38. The number of hydrogen-bond acceptors (Lipinski definition) is 3. The Morgan fingerprint density at radius 2 is 1.61 bits per heavy atom. The third kappa shape index (κ3) is 7.34. The van der Waals surface area contributed by atoms with E-state index in [1.165, 1.54) is 0 Å². The summed E-state index contributed by atoms with van der Waals surface area (Å²) in [4.78, 5) is 37.0. The molecule has 132 valence electrons. The largest absolute Gasteiger partial charge is 0.348 e. The smallest absolute Gasteiger partial charge is 0.317 e. The molecule has 23 heavy (non-hydrogen) atoms. The number of nitrogens with zero attached hydrogens (tertiary/aromatic N) is 1. The lowest BCUT2D eigenvalue weighted by Crippen LogP contribution is -2.51. The number of carbonyl (C=O) groups is 3. The third-order valence-corrected chi connectivity index (χ3v) is 3.68. The molecular formula is C16H30N4O3. The zero-order valence-corrected chi connectivity index (χ0v) is 14.7. The van der Waals surface area contributed by atoms with Crippen LogP contribution in [-0.2, 0) is 9.59 Å². The fraction of sp³-hybridized carbons (Fsp3) is 0.812. The molecular weight excluding hydrogens is 296 g/mol. The van der Waals surface area contributed by atoms with Crippen molar-refractivity contribution in [3.8, 4) is 0 Å². The molecule has 1 aliphatic heterocycles. The molecule has 0 aromatic heterocycles. The average molecular weight is 326 g/mol. The summed E-state index contributed by atoms with van der Waals surface area (Å²) in [5, 5.41) is 8.18. The minimum absolute atomic E-state index is 0.0427. The summed E-state index contributed by atoms with van der Waals surface area (Å²) in [7, 11) is 0. The van der Waals surface area contributed by atoms with Crippen LogP contribution >= 0.6 is 0 Å². The summed E-state index contributed by atoms with van der Waals surface area (Å²) in [5.41, 5.74) is -0.242. The molecule has 0 unspecified atom stereocenters. The number of rotatable bonds is 4. The second kappa shape index (κ2) is 8.74. The van der Waals surface area contributed by atoms with E-state index in [-0.39, 0.29) is 11.6 Å². The van der Waals surface area contributed by atoms with Crippen molar-refractivity contribution in [2.24, 2.45) is 5.92 Å². The maximum Gasteiger partial charge on any atom is 0.317 e. The van der Waals surface area contributed by atoms with Crippen molar-refractivity contribution in [1.82, 2.24) is 20.9 Å². The first-order valence-electron chi connectivity index (χ1n) is 8.36. The zero-order chi connectivity index (χ0) is 17.5. The standard InChI is InChI=1S/C16H30N4O3/c1-5-8-17-13(21)14(22)18-11-12-6-9-20(10-7-12)15(23)19-16(2,3)4/h12H,5-11H2,1-4H3,(H,17,21)(H,18,22)(H,19,23). The van der Waals surface area contributed by atoms with Crippen molar-refractivity contribution in [3.05, 3.63) is 0 Å². The molecule has 1 saturated heterocycles. The van der Waals surface area contributed by atoms with Crippen LogP contribution in [0.4, 0.5) is 4.79 Å². The van der Waals surface area contributed by atoms with Gasteiger partial charge in [-0.1, -0.05) is 6.92 Å². The van der Waals surface area contributed by atoms with Gasteiger partial charge in [0.2, 0.25) is 0 Å². The van der Waals surface area contributed by atoms with Crippen LogP contribution in [0.5, 0.6) is 0 Å². The summed E-state index contributed by atoms with van der Waals surface area (Å²) in [6.07, 6.45) is 2.46. The summed E-state index contributed by atoms with van der Waals surface area (Å²) < 4.78 is 0. The molecule has 1 fully saturated rings. The van der Waals surface area contributed by atoms with Gasteiger partial charge >= 0.3 is 17.8 Å². The number of nitrogens with one attached hydrogen (secondary N) is 3. The van der Waals surface area contributed by atoms with Gasteiger partial charge in [0, 0.05) is 31.7 Å². The number of urea groups is 1. The lowest BCUT2D eigenvalue weighted by molar-refractivity contribution is -0.139. The molecule has 0 aromatic carbocycles. The van der Waals surface area contributed by atoms with E-state index in [1.54, 1.807) is 4.90 Å². The minimum atomic E-state index is -0.577. The van der Waals surface area contributed by atoms with E-state index in [9.17, 15) is 14.4 Å². The maximum atomic E-state index is 12.1. The molecule has 1 heterocycles. The topological polar surface area (TPSA) is 90.5 Å². The molecule has 7 nitrogen and oxygen atoms in total. The second-order valence-electron chi connectivity index (χ2n) is 7.08. The molecule has 0 aromatic rings. The van der Waals surface area contributed by atoms with Crippen molar-refractivity contribution in [2.75, 3.05) is 26.2 Å². The molecule has 7 heteroatoms. The Morgan fingerprint density at radius 1 is 1.04 bits per heavy atom. The Hall–Kier alpha value is -1.79. The minimum Gasteiger partial charge on any atom is -0.348 e. The van der Waals surface area contributed by atoms with E-state index in [2.05, 4.69) is 16.0 Å². The second-order valence-corrected chi connectivity index (χ2v) is 7.08. The van der Waals surface area contributed by atoms with Crippen LogP contribution in [0.25, 0.3) is 0 Å². The monoisotopic (exact) mass is 326 g/mol. The highest BCUT2D eigenvalue weighted by molar-refractivity contribution is 6.35. The Kier molecular flexibility index (Phi) is 7.32. The van der Waals surface area contributed by atoms with Gasteiger partial charge in [0.05, 0.1) is 0 Å². The summed E-state index contributed by atoms with van der Waals surface area (Å²) >= 11 is 0. The molecule has 4 amide bonds. The van der Waals surface area contributed by atoms with Crippen LogP contribution in [0.2, 0.25) is 0 Å². The lowest BCUT2D eigenvalue weighted by Gasteiger charge is -2.34. The van der Waals surface area contributed by atoms with E-state index in [0.717, 1.165) is 19.3 Å². The summed E-state index contributed by atoms with van der Waals surface area (Å²) in [6, 6.07) is -0.0427. The maximum absolute atomic E-state index is 12.1. The predicted octanol–water partition coefficient (Wildman–Crippen LogP) is 0.849. The highest BCUT2D eigenvalue weighted by Gasteiger charge is 2.25. The summed E-state index contributed by atoms with van der Waals surface area (Å²) in [5.74, 6) is -0.850. The van der Waals surface area contributed by atoms with E-state index >= 15 is 0 Å². The number of amides is 4. The van der Waals surface area contributed by atoms with Crippen molar-refractivity contribution in [3.63, 3.8) is 0 Å². The molecule has 0 saturated carbocycles. The number of carbonyl (C=O) groups excluding carboxylic acids is 3. The molecule has 0 bridgehead atoms. The van der Waals surface area contributed by atoms with Crippen molar-refractivity contribution < 1.29 is 14.4 Å². The molecule has 0 atom stereocenters. The zero-order valence-electron chi connectivity index (χ0n) is 14.7. The van der Waals surface area contributed by atoms with Gasteiger partial charge in [-0.15, -0.1) is 0 Å². The van der Waals surface area contributed by atoms with Crippen LogP contribution in [0.1, 0.15) is 47.0 Å². The highest BCUT2D eigenvalue weighted by atomic mass is 16.2. The van der Waals surface area contributed by atoms with Crippen LogP contribution < -0.4 is 16.0 Å². The van der Waals surface area contributed by atoms with E-state index in [1.807, 2.05) is 27.7 Å². The lowest BCUT2D eigenvalue weighted by atomic mass is 9.97. The highest BCUT2D eigenvalue weighted by Crippen LogP contribution is 2.17. The Balaban J connectivity index is 2.27. The van der Waals surface area contributed by atoms with Crippen molar-refractivity contribution >= 4 is 17.8 Å². The fourth-order valence-corrected chi connectivity index (χ4v) is 2.38. The first-order valence-corrected chi connectivity index (χ1v) is 8.36. The predicted molar refractivity (Wildman–Crippen MR) is 88.9 cm³/mol. The first kappa shape index (κ1) is 19.3. The van der Waals surface area contributed by atoms with Gasteiger partial charge in [-0.2, -0.15) is 0 Å². The van der Waals surface area contributed by atoms with Crippen LogP contribution in [0.3, 0.4) is 0 Å². The van der Waals surface area contributed by atoms with Crippen LogP contribution in [0, 0.1) is 5.92 Å². The number of likely N-dealkylation sites (tertiary alicyclic amines) is 1. The van der Waals surface area contributed by atoms with Crippen molar-refractivity contribution in [2.45, 2.75) is 52.5 Å². The third-order valence-electron chi connectivity index (χ3n) is 3.68. The molecule has 1 aliphatic rings. The van der Waals surface area contributed by atoms with Gasteiger partial charge < -0.3 is 20.9 Å². The van der Waals surface area contributed by atoms with Crippen LogP contribution in [-0.4, -0.2) is 54.5 Å². The first-order chi connectivity index (χ1) is 10.7. The SMILES string of the molecule is CCCNC(=O)C(=O)NCC1CCN(C(=O)NC(C)(C)C)CC1. The van der Waals surface area contributed by atoms with Gasteiger partial charge in [0.25, 0.3) is 0 Å². The van der Waals surface area contributed by atoms with Gasteiger partial charge in [0.1, 0.15) is 0 Å². The van der Waals surface area contributed by atoms with Gasteiger partial charge in [-0.3, -0.25) is 9.59 Å². The Bertz CT molecular complexity index is 424. The van der Waals surface area contributed by atoms with E-state index < -0.39 is 11.8 Å². The average Bonchev–Trinajstić information content (AvgIpc) is 2.49. The normalized spacial score (nSPS) is 15.9. The molecule has 0 spiro atoms. The number of hydrogen-bond donors (Lipinski definition) is 3. The molecule has 3 N–H and O–H groups in total. The molecule has 1 rings (SSSR count). The van der Waals surface area contributed by atoms with Crippen LogP contribution in [0.15, 0.2) is 0 Å². The van der Waals surface area contributed by atoms with E-state index in [0.29, 0.717) is 32.1 Å².